The number of aromatic nitrogens is 1. The van der Waals surface area contributed by atoms with Gasteiger partial charge in [-0.05, 0) is 6.07 Å². The smallest absolute Gasteiger partial charge is 0.318 e. The molecule has 0 spiro atoms. The number of ether oxygens (including phenoxy) is 1. The fourth-order valence-electron chi connectivity index (χ4n) is 0.970. The van der Waals surface area contributed by atoms with Gasteiger partial charge in [-0.1, -0.05) is 0 Å². The van der Waals surface area contributed by atoms with Crippen molar-refractivity contribution in [2.45, 2.75) is 0 Å². The van der Waals surface area contributed by atoms with Gasteiger partial charge < -0.3 is 15.8 Å². The molecule has 1 rings (SSSR count). The highest BCUT2D eigenvalue weighted by atomic mass is 16.5. The van der Waals surface area contributed by atoms with E-state index in [1.165, 1.54) is 13.3 Å². The quantitative estimate of drug-likeness (QED) is 0.650. The highest BCUT2D eigenvalue weighted by molar-refractivity contribution is 5.95. The molecular weight excluding hydrogens is 212 g/mol. The monoisotopic (exact) mass is 224 g/mol. The Morgan fingerprint density at radius 2 is 2.25 bits per heavy atom. The summed E-state index contributed by atoms with van der Waals surface area (Å²) >= 11 is 0. The Morgan fingerprint density at radius 3 is 2.75 bits per heavy atom. The lowest BCUT2D eigenvalue weighted by molar-refractivity contribution is -0.118. The molecule has 0 bridgehead atoms. The fourth-order valence-corrected chi connectivity index (χ4v) is 0.970. The average molecular weight is 224 g/mol. The van der Waals surface area contributed by atoms with Gasteiger partial charge in [0, 0.05) is 6.07 Å². The van der Waals surface area contributed by atoms with Crippen molar-refractivity contribution in [2.75, 3.05) is 19.0 Å². The minimum absolute atomic E-state index is 0.0586. The first-order chi connectivity index (χ1) is 7.61. The minimum Gasteiger partial charge on any atom is -0.481 e. The number of nitrogens with two attached hydrogens (primary N) is 1. The lowest BCUT2D eigenvalue weighted by Crippen LogP contribution is -2.38. The Balaban J connectivity index is 2.42. The van der Waals surface area contributed by atoms with Crippen molar-refractivity contribution in [3.05, 3.63) is 18.3 Å². The van der Waals surface area contributed by atoms with Gasteiger partial charge in [0.25, 0.3) is 0 Å². The summed E-state index contributed by atoms with van der Waals surface area (Å²) in [7, 11) is 1.51. The SMILES string of the molecule is COc1ccc(NCC(=O)NC(N)=O)cn1. The average Bonchev–Trinajstić information content (AvgIpc) is 2.26. The summed E-state index contributed by atoms with van der Waals surface area (Å²) in [5, 5.41) is 4.69. The third-order valence-electron chi connectivity index (χ3n) is 1.66. The molecule has 0 unspecified atom stereocenters. The predicted molar refractivity (Wildman–Crippen MR) is 57.0 cm³/mol. The van der Waals surface area contributed by atoms with Crippen LogP contribution in [-0.2, 0) is 4.79 Å². The fraction of sp³-hybridized carbons (Fsp3) is 0.222. The van der Waals surface area contributed by atoms with Crippen molar-refractivity contribution < 1.29 is 14.3 Å². The molecule has 1 aromatic rings. The number of amides is 3. The molecule has 0 fully saturated rings. The Hall–Kier alpha value is -2.31. The van der Waals surface area contributed by atoms with Gasteiger partial charge in [-0.25, -0.2) is 9.78 Å². The molecule has 0 aliphatic heterocycles. The van der Waals surface area contributed by atoms with Crippen LogP contribution in [0.15, 0.2) is 18.3 Å². The standard InChI is InChI=1S/C9H12N4O3/c1-16-8-3-2-6(4-12-8)11-5-7(14)13-9(10)15/h2-4,11H,5H2,1H3,(H3,10,13,14,15). The van der Waals surface area contributed by atoms with E-state index >= 15 is 0 Å². The molecule has 0 aliphatic rings. The minimum atomic E-state index is -0.875. The lowest BCUT2D eigenvalue weighted by atomic mass is 10.4. The predicted octanol–water partition coefficient (Wildman–Crippen LogP) is -0.303. The third-order valence-corrected chi connectivity index (χ3v) is 1.66. The van der Waals surface area contributed by atoms with Crippen LogP contribution in [-0.4, -0.2) is 30.6 Å². The van der Waals surface area contributed by atoms with Gasteiger partial charge in [0.1, 0.15) is 0 Å². The van der Waals surface area contributed by atoms with Crippen molar-refractivity contribution in [1.82, 2.24) is 10.3 Å². The first-order valence-corrected chi connectivity index (χ1v) is 4.45. The largest absolute Gasteiger partial charge is 0.481 e. The van der Waals surface area contributed by atoms with Crippen LogP contribution >= 0.6 is 0 Å². The van der Waals surface area contributed by atoms with Crippen molar-refractivity contribution >= 4 is 17.6 Å². The van der Waals surface area contributed by atoms with Gasteiger partial charge in [-0.3, -0.25) is 10.1 Å². The molecule has 86 valence electrons. The number of nitrogens with one attached hydrogen (secondary N) is 2. The second kappa shape index (κ2) is 5.54. The van der Waals surface area contributed by atoms with E-state index in [-0.39, 0.29) is 6.54 Å². The molecule has 4 N–H and O–H groups in total. The molecule has 0 atom stereocenters. The molecule has 1 heterocycles. The highest BCUT2D eigenvalue weighted by Crippen LogP contribution is 2.10. The van der Waals surface area contributed by atoms with Crippen LogP contribution in [0.1, 0.15) is 0 Å². The number of rotatable bonds is 4. The summed E-state index contributed by atoms with van der Waals surface area (Å²) in [6.45, 7) is -0.0586. The first-order valence-electron chi connectivity index (χ1n) is 4.45. The van der Waals surface area contributed by atoms with Crippen LogP contribution < -0.4 is 21.1 Å². The lowest BCUT2D eigenvalue weighted by Gasteiger charge is -2.05. The van der Waals surface area contributed by atoms with Crippen LogP contribution in [0, 0.1) is 0 Å². The number of nitrogens with zero attached hydrogens (tertiary/aromatic N) is 1. The van der Waals surface area contributed by atoms with Crippen LogP contribution in [0.4, 0.5) is 10.5 Å². The molecule has 3 amide bonds. The van der Waals surface area contributed by atoms with Crippen molar-refractivity contribution in [3.8, 4) is 5.88 Å². The number of methoxy groups -OCH3 is 1. The summed E-state index contributed by atoms with van der Waals surface area (Å²) in [5.74, 6) is -0.0320. The number of carbonyl (C=O) groups is 2. The molecular formula is C9H12N4O3. The van der Waals surface area contributed by atoms with E-state index in [2.05, 4.69) is 10.3 Å². The summed E-state index contributed by atoms with van der Waals surface area (Å²) in [6.07, 6.45) is 1.51. The Morgan fingerprint density at radius 1 is 1.50 bits per heavy atom. The zero-order valence-corrected chi connectivity index (χ0v) is 8.69. The zero-order chi connectivity index (χ0) is 12.0. The second-order valence-electron chi connectivity index (χ2n) is 2.86. The number of hydrogen-bond donors (Lipinski definition) is 3. The molecule has 7 nitrogen and oxygen atoms in total. The zero-order valence-electron chi connectivity index (χ0n) is 8.69. The van der Waals surface area contributed by atoms with E-state index in [1.54, 1.807) is 12.1 Å². The maximum Gasteiger partial charge on any atom is 0.318 e. The van der Waals surface area contributed by atoms with Gasteiger partial charge in [0.15, 0.2) is 0 Å². The maximum atomic E-state index is 11.0. The number of urea groups is 1. The molecule has 0 aromatic carbocycles. The number of pyridine rings is 1. The van der Waals surface area contributed by atoms with Crippen molar-refractivity contribution in [3.63, 3.8) is 0 Å². The molecule has 0 saturated carbocycles. The normalized spacial score (nSPS) is 9.31. The summed E-state index contributed by atoms with van der Waals surface area (Å²) in [4.78, 5) is 25.3. The van der Waals surface area contributed by atoms with E-state index in [4.69, 9.17) is 10.5 Å². The number of carbonyl (C=O) groups excluding carboxylic acids is 2. The summed E-state index contributed by atoms with van der Waals surface area (Å²) in [5.41, 5.74) is 5.41. The topological polar surface area (TPSA) is 106 Å². The van der Waals surface area contributed by atoms with Crippen molar-refractivity contribution in [2.24, 2.45) is 5.73 Å². The number of hydrogen-bond acceptors (Lipinski definition) is 5. The first kappa shape index (κ1) is 11.8. The summed E-state index contributed by atoms with van der Waals surface area (Å²) < 4.78 is 4.87. The molecule has 0 saturated heterocycles. The third kappa shape index (κ3) is 3.82. The van der Waals surface area contributed by atoms with Crippen LogP contribution in [0.25, 0.3) is 0 Å². The number of primary amides is 1. The number of anilines is 1. The van der Waals surface area contributed by atoms with E-state index in [0.717, 1.165) is 0 Å². The van der Waals surface area contributed by atoms with Gasteiger partial charge in [0.2, 0.25) is 11.8 Å². The molecule has 16 heavy (non-hydrogen) atoms. The molecule has 0 aliphatic carbocycles. The van der Waals surface area contributed by atoms with Gasteiger partial charge >= 0.3 is 6.03 Å². The maximum absolute atomic E-state index is 11.0. The van der Waals surface area contributed by atoms with Crippen LogP contribution in [0.5, 0.6) is 5.88 Å². The van der Waals surface area contributed by atoms with Gasteiger partial charge in [0.05, 0.1) is 25.5 Å². The van der Waals surface area contributed by atoms with Gasteiger partial charge in [-0.2, -0.15) is 0 Å². The number of imide groups is 1. The van der Waals surface area contributed by atoms with E-state index in [1.807, 2.05) is 5.32 Å². The van der Waals surface area contributed by atoms with E-state index in [9.17, 15) is 9.59 Å². The Labute approximate surface area is 92.0 Å². The van der Waals surface area contributed by atoms with E-state index in [0.29, 0.717) is 11.6 Å². The second-order valence-corrected chi connectivity index (χ2v) is 2.86. The molecule has 7 heteroatoms. The summed E-state index contributed by atoms with van der Waals surface area (Å²) in [6, 6.07) is 2.47. The molecule has 1 aromatic heterocycles. The van der Waals surface area contributed by atoms with E-state index < -0.39 is 11.9 Å². The highest BCUT2D eigenvalue weighted by Gasteiger charge is 2.03. The van der Waals surface area contributed by atoms with Crippen molar-refractivity contribution in [1.29, 1.82) is 0 Å². The Bertz CT molecular complexity index is 377. The van der Waals surface area contributed by atoms with Gasteiger partial charge in [-0.15, -0.1) is 0 Å². The Kier molecular flexibility index (Phi) is 4.07. The molecule has 0 radical (unpaired) electrons. The van der Waals surface area contributed by atoms with Crippen LogP contribution in [0.3, 0.4) is 0 Å². The van der Waals surface area contributed by atoms with Crippen LogP contribution in [0.2, 0.25) is 0 Å².